The minimum absolute atomic E-state index is 0.00276. The van der Waals surface area contributed by atoms with E-state index in [4.69, 9.17) is 14.5 Å². The molecule has 1 saturated heterocycles. The number of nitrogens with one attached hydrogen (secondary N) is 1. The maximum Gasteiger partial charge on any atom is 0.410 e. The molecule has 226 valence electrons. The molecule has 3 amide bonds. The number of para-hydroxylation sites is 1. The Morgan fingerprint density at radius 3 is 2.43 bits per heavy atom. The lowest BCUT2D eigenvalue weighted by Gasteiger charge is -2.33. The minimum atomic E-state index is -1.22. The Balaban J connectivity index is 1.75. The highest BCUT2D eigenvalue weighted by atomic mass is 16.6. The Labute approximate surface area is 249 Å². The molecule has 0 aliphatic carbocycles. The van der Waals surface area contributed by atoms with Gasteiger partial charge in [-0.05, 0) is 63.5 Å². The second kappa shape index (κ2) is 13.0. The normalized spacial score (nSPS) is 20.5. The van der Waals surface area contributed by atoms with E-state index in [1.54, 1.807) is 9.80 Å². The van der Waals surface area contributed by atoms with Crippen LogP contribution in [0.3, 0.4) is 0 Å². The number of anilines is 1. The van der Waals surface area contributed by atoms with Gasteiger partial charge in [-0.15, -0.1) is 0 Å². The Bertz CT molecular complexity index is 1300. The molecule has 9 heteroatoms. The molecule has 4 rings (SSSR count). The van der Waals surface area contributed by atoms with Crippen LogP contribution in [0.1, 0.15) is 78.4 Å². The summed E-state index contributed by atoms with van der Waals surface area (Å²) < 4.78 is 11.3. The second-order valence-electron chi connectivity index (χ2n) is 12.8. The van der Waals surface area contributed by atoms with Gasteiger partial charge in [-0.25, -0.2) is 9.59 Å². The van der Waals surface area contributed by atoms with E-state index in [1.165, 1.54) is 0 Å². The van der Waals surface area contributed by atoms with Crippen molar-refractivity contribution in [2.24, 2.45) is 10.4 Å². The van der Waals surface area contributed by atoms with Crippen molar-refractivity contribution < 1.29 is 23.9 Å². The fourth-order valence-electron chi connectivity index (χ4n) is 5.36. The molecular weight excluding hydrogens is 532 g/mol. The molecule has 2 heterocycles. The molecule has 2 aromatic carbocycles. The number of aliphatic imine (C=N–C) groups is 1. The van der Waals surface area contributed by atoms with E-state index in [9.17, 15) is 14.4 Å². The third-order valence-electron chi connectivity index (χ3n) is 7.60. The van der Waals surface area contributed by atoms with Crippen LogP contribution >= 0.6 is 0 Å². The highest BCUT2D eigenvalue weighted by Crippen LogP contribution is 2.36. The zero-order valence-electron chi connectivity index (χ0n) is 25.7. The highest BCUT2D eigenvalue weighted by molar-refractivity contribution is 6.15. The number of carbonyl (C=O) groups is 3. The lowest BCUT2D eigenvalue weighted by molar-refractivity contribution is -0.120. The van der Waals surface area contributed by atoms with Crippen molar-refractivity contribution in [3.8, 4) is 0 Å². The number of nitrogens with zero attached hydrogens (tertiary/aromatic N) is 3. The van der Waals surface area contributed by atoms with Crippen LogP contribution in [-0.4, -0.2) is 59.6 Å². The molecule has 0 spiro atoms. The van der Waals surface area contributed by atoms with Gasteiger partial charge in [0.2, 0.25) is 6.17 Å². The van der Waals surface area contributed by atoms with E-state index >= 15 is 0 Å². The van der Waals surface area contributed by atoms with Gasteiger partial charge in [0.1, 0.15) is 12.2 Å². The molecule has 1 fully saturated rings. The van der Waals surface area contributed by atoms with Crippen LogP contribution < -0.4 is 10.2 Å². The van der Waals surface area contributed by atoms with E-state index in [2.05, 4.69) is 19.2 Å². The number of hydrogen-bond donors (Lipinski definition) is 1. The molecule has 0 aromatic heterocycles. The number of ether oxygens (including phenoxy) is 2. The Morgan fingerprint density at radius 2 is 1.74 bits per heavy atom. The average molecular weight is 577 g/mol. The summed E-state index contributed by atoms with van der Waals surface area (Å²) in [6, 6.07) is 16.5. The smallest absolute Gasteiger partial charge is 0.410 e. The monoisotopic (exact) mass is 576 g/mol. The van der Waals surface area contributed by atoms with Crippen LogP contribution in [0.2, 0.25) is 0 Å². The van der Waals surface area contributed by atoms with Crippen LogP contribution in [0, 0.1) is 5.41 Å². The average Bonchev–Trinajstić information content (AvgIpc) is 3.16. The van der Waals surface area contributed by atoms with Crippen molar-refractivity contribution in [2.75, 3.05) is 18.0 Å². The van der Waals surface area contributed by atoms with Crippen molar-refractivity contribution in [1.82, 2.24) is 10.2 Å². The number of benzene rings is 2. The topological polar surface area (TPSA) is 101 Å². The Kier molecular flexibility index (Phi) is 9.59. The summed E-state index contributed by atoms with van der Waals surface area (Å²) in [5.74, 6) is -0.353. The quantitative estimate of drug-likeness (QED) is 0.435. The lowest BCUT2D eigenvalue weighted by atomic mass is 9.84. The van der Waals surface area contributed by atoms with E-state index in [0.29, 0.717) is 37.3 Å². The van der Waals surface area contributed by atoms with Gasteiger partial charge >= 0.3 is 12.2 Å². The standard InChI is InChI=1S/C33H44N4O5/c1-7-20-36-25-16-12-11-15-24(25)27(26-17-18-33(5,6)19-21-37(26)31(40)42-32(2,3)4)34-28(29(36)38)35-30(39)41-22-23-13-9-8-10-14-23/h8-16,26,28H,7,17-22H2,1-6H3,(H,35,39). The van der Waals surface area contributed by atoms with Crippen LogP contribution in [-0.2, 0) is 20.9 Å². The second-order valence-corrected chi connectivity index (χ2v) is 12.8. The molecular formula is C33H44N4O5. The van der Waals surface area contributed by atoms with Crippen LogP contribution in [0.5, 0.6) is 0 Å². The number of likely N-dealkylation sites (tertiary alicyclic amines) is 1. The summed E-state index contributed by atoms with van der Waals surface area (Å²) in [4.78, 5) is 48.9. The molecule has 9 nitrogen and oxygen atoms in total. The van der Waals surface area contributed by atoms with Crippen LogP contribution in [0.4, 0.5) is 15.3 Å². The van der Waals surface area contributed by atoms with Gasteiger partial charge in [0.25, 0.3) is 5.91 Å². The van der Waals surface area contributed by atoms with E-state index in [0.717, 1.165) is 24.0 Å². The fraction of sp³-hybridized carbons (Fsp3) is 0.515. The van der Waals surface area contributed by atoms with Gasteiger partial charge in [0.15, 0.2) is 0 Å². The number of amides is 3. The first-order valence-electron chi connectivity index (χ1n) is 14.8. The molecule has 2 unspecified atom stereocenters. The summed E-state index contributed by atoms with van der Waals surface area (Å²) in [5.41, 5.74) is 2.21. The van der Waals surface area contributed by atoms with Crippen molar-refractivity contribution in [3.63, 3.8) is 0 Å². The van der Waals surface area contributed by atoms with E-state index < -0.39 is 30.0 Å². The van der Waals surface area contributed by atoms with E-state index in [-0.39, 0.29) is 17.9 Å². The maximum atomic E-state index is 14.0. The van der Waals surface area contributed by atoms with E-state index in [1.807, 2.05) is 82.3 Å². The first-order valence-corrected chi connectivity index (χ1v) is 14.8. The highest BCUT2D eigenvalue weighted by Gasteiger charge is 2.41. The molecule has 2 aliphatic rings. The molecule has 0 radical (unpaired) electrons. The zero-order chi connectivity index (χ0) is 30.5. The van der Waals surface area contributed by atoms with Crippen LogP contribution in [0.25, 0.3) is 0 Å². The Morgan fingerprint density at radius 1 is 1.05 bits per heavy atom. The van der Waals surface area contributed by atoms with Crippen molar-refractivity contribution in [3.05, 3.63) is 65.7 Å². The van der Waals surface area contributed by atoms with Gasteiger partial charge < -0.3 is 14.4 Å². The van der Waals surface area contributed by atoms with Gasteiger partial charge in [-0.1, -0.05) is 69.3 Å². The fourth-order valence-corrected chi connectivity index (χ4v) is 5.36. The summed E-state index contributed by atoms with van der Waals surface area (Å²) >= 11 is 0. The molecule has 0 saturated carbocycles. The summed E-state index contributed by atoms with van der Waals surface area (Å²) in [6.07, 6.45) is 0.605. The minimum Gasteiger partial charge on any atom is -0.445 e. The zero-order valence-corrected chi connectivity index (χ0v) is 25.7. The van der Waals surface area contributed by atoms with Gasteiger partial charge in [0.05, 0.1) is 17.4 Å². The largest absolute Gasteiger partial charge is 0.445 e. The van der Waals surface area contributed by atoms with Crippen molar-refractivity contribution in [1.29, 1.82) is 0 Å². The third kappa shape index (κ3) is 7.69. The summed E-state index contributed by atoms with van der Waals surface area (Å²) in [6.45, 7) is 12.9. The molecule has 0 bridgehead atoms. The molecule has 2 atom stereocenters. The predicted molar refractivity (Wildman–Crippen MR) is 164 cm³/mol. The van der Waals surface area contributed by atoms with Gasteiger partial charge in [0, 0.05) is 18.7 Å². The number of fused-ring (bicyclic) bond motifs is 1. The predicted octanol–water partition coefficient (Wildman–Crippen LogP) is 6.30. The Hall–Kier alpha value is -3.88. The van der Waals surface area contributed by atoms with Gasteiger partial charge in [-0.2, -0.15) is 0 Å². The first kappa shape index (κ1) is 31.1. The third-order valence-corrected chi connectivity index (χ3v) is 7.60. The lowest BCUT2D eigenvalue weighted by Crippen LogP contribution is -2.49. The summed E-state index contributed by atoms with van der Waals surface area (Å²) in [5, 5.41) is 2.71. The SMILES string of the molecule is CCCN1C(=O)C(NC(=O)OCc2ccccc2)N=C(C2CCC(C)(C)CCN2C(=O)OC(C)(C)C)c2ccccc21. The number of alkyl carbamates (subject to hydrolysis) is 1. The van der Waals surface area contributed by atoms with Crippen molar-refractivity contribution in [2.45, 2.75) is 91.6 Å². The number of rotatable bonds is 6. The van der Waals surface area contributed by atoms with Crippen molar-refractivity contribution >= 4 is 29.5 Å². The van der Waals surface area contributed by atoms with Gasteiger partial charge in [-0.3, -0.25) is 20.0 Å². The number of hydrogen-bond acceptors (Lipinski definition) is 6. The van der Waals surface area contributed by atoms with Crippen LogP contribution in [0.15, 0.2) is 59.6 Å². The first-order chi connectivity index (χ1) is 19.9. The number of benzodiazepines with no additional fused rings is 1. The molecule has 42 heavy (non-hydrogen) atoms. The molecule has 2 aliphatic heterocycles. The maximum absolute atomic E-state index is 14.0. The number of carbonyl (C=O) groups excluding carboxylic acids is 3. The summed E-state index contributed by atoms with van der Waals surface area (Å²) in [7, 11) is 0. The molecule has 2 aromatic rings. The molecule has 1 N–H and O–H groups in total.